The molecule has 144 valence electrons. The second kappa shape index (κ2) is 6.89. The molecular formula is C22H23N3O3. The first-order valence-electron chi connectivity index (χ1n) is 9.30. The lowest BCUT2D eigenvalue weighted by Gasteiger charge is -2.32. The lowest BCUT2D eigenvalue weighted by atomic mass is 9.82. The zero-order valence-electron chi connectivity index (χ0n) is 16.1. The van der Waals surface area contributed by atoms with Gasteiger partial charge in [-0.05, 0) is 44.0 Å². The minimum absolute atomic E-state index is 0.0826. The van der Waals surface area contributed by atoms with Crippen LogP contribution in [0.25, 0.3) is 11.1 Å². The van der Waals surface area contributed by atoms with Gasteiger partial charge in [0.25, 0.3) is 5.91 Å². The van der Waals surface area contributed by atoms with Gasteiger partial charge in [0.05, 0.1) is 12.3 Å². The quantitative estimate of drug-likeness (QED) is 0.636. The van der Waals surface area contributed by atoms with Crippen molar-refractivity contribution in [2.24, 2.45) is 0 Å². The van der Waals surface area contributed by atoms with Crippen LogP contribution in [0.3, 0.4) is 0 Å². The summed E-state index contributed by atoms with van der Waals surface area (Å²) >= 11 is 0. The molecule has 2 aromatic carbocycles. The Morgan fingerprint density at radius 3 is 2.61 bits per heavy atom. The van der Waals surface area contributed by atoms with Crippen molar-refractivity contribution in [3.05, 3.63) is 71.1 Å². The zero-order valence-corrected chi connectivity index (χ0v) is 16.1. The predicted octanol–water partition coefficient (Wildman–Crippen LogP) is 3.12. The molecule has 1 aliphatic rings. The van der Waals surface area contributed by atoms with E-state index in [0.717, 1.165) is 39.4 Å². The van der Waals surface area contributed by atoms with Crippen LogP contribution < -0.4 is 10.6 Å². The number of aryl methyl sites for hydroxylation is 2. The molecule has 0 radical (unpaired) electrons. The van der Waals surface area contributed by atoms with E-state index in [9.17, 15) is 9.90 Å². The molecule has 0 saturated heterocycles. The molecule has 0 saturated carbocycles. The van der Waals surface area contributed by atoms with E-state index in [1.165, 1.54) is 0 Å². The van der Waals surface area contributed by atoms with Crippen molar-refractivity contribution in [1.29, 1.82) is 0 Å². The summed E-state index contributed by atoms with van der Waals surface area (Å²) in [6, 6.07) is 15.2. The highest BCUT2D eigenvalue weighted by atomic mass is 16.5. The Labute approximate surface area is 163 Å². The molecule has 1 amide bonds. The summed E-state index contributed by atoms with van der Waals surface area (Å²) in [6.45, 7) is 5.55. The van der Waals surface area contributed by atoms with Crippen molar-refractivity contribution < 1.29 is 14.4 Å². The number of anilines is 1. The van der Waals surface area contributed by atoms with E-state index < -0.39 is 5.54 Å². The van der Waals surface area contributed by atoms with E-state index in [1.54, 1.807) is 0 Å². The van der Waals surface area contributed by atoms with Crippen LogP contribution in [0, 0.1) is 13.8 Å². The summed E-state index contributed by atoms with van der Waals surface area (Å²) in [4.78, 5) is 13.3. The van der Waals surface area contributed by atoms with Crippen molar-refractivity contribution >= 4 is 11.6 Å². The Morgan fingerprint density at radius 2 is 1.96 bits per heavy atom. The normalized spacial score (nSPS) is 19.4. The fourth-order valence-corrected chi connectivity index (χ4v) is 3.97. The largest absolute Gasteiger partial charge is 0.395 e. The van der Waals surface area contributed by atoms with E-state index >= 15 is 0 Å². The number of aromatic nitrogens is 1. The van der Waals surface area contributed by atoms with Gasteiger partial charge >= 0.3 is 0 Å². The Kier molecular flexibility index (Phi) is 4.53. The van der Waals surface area contributed by atoms with Gasteiger partial charge in [0.15, 0.2) is 5.54 Å². The molecule has 1 aromatic heterocycles. The fraction of sp³-hybridized carbons (Fsp3) is 0.273. The Morgan fingerprint density at radius 1 is 1.21 bits per heavy atom. The third-order valence-corrected chi connectivity index (χ3v) is 5.28. The van der Waals surface area contributed by atoms with Gasteiger partial charge in [-0.15, -0.1) is 0 Å². The lowest BCUT2D eigenvalue weighted by Crippen LogP contribution is -2.53. The minimum atomic E-state index is -1.09. The van der Waals surface area contributed by atoms with Gasteiger partial charge in [-0.25, -0.2) is 0 Å². The number of hydrogen-bond acceptors (Lipinski definition) is 5. The number of carbonyl (C=O) groups excluding carboxylic acids is 1. The first-order chi connectivity index (χ1) is 13.5. The maximum atomic E-state index is 13.3. The molecule has 0 bridgehead atoms. The number of nitrogens with one attached hydrogen (secondary N) is 2. The van der Waals surface area contributed by atoms with Crippen LogP contribution in [0.4, 0.5) is 5.69 Å². The number of benzene rings is 2. The predicted molar refractivity (Wildman–Crippen MR) is 107 cm³/mol. The molecule has 2 atom stereocenters. The first-order valence-corrected chi connectivity index (χ1v) is 9.30. The number of carbonyl (C=O) groups is 1. The first kappa shape index (κ1) is 18.4. The highest BCUT2D eigenvalue weighted by Crippen LogP contribution is 2.43. The lowest BCUT2D eigenvalue weighted by molar-refractivity contribution is -0.120. The summed E-state index contributed by atoms with van der Waals surface area (Å²) in [6.07, 6.45) is 0. The molecule has 1 unspecified atom stereocenters. The second-order valence-corrected chi connectivity index (χ2v) is 7.26. The van der Waals surface area contributed by atoms with Crippen LogP contribution in [0.15, 0.2) is 53.1 Å². The fourth-order valence-electron chi connectivity index (χ4n) is 3.97. The number of amides is 1. The number of hydrogen-bond donors (Lipinski definition) is 3. The molecule has 6 heteroatoms. The number of fused-ring (bicyclic) bond motifs is 1. The molecule has 0 fully saturated rings. The van der Waals surface area contributed by atoms with Gasteiger partial charge in [0.2, 0.25) is 0 Å². The standard InChI is InChI=1S/C22H23N3O3/c1-13(12-26)24-22(17-7-5-4-6-8-17)18-11-16(9-10-19(18)23-21(22)27)20-14(2)25-28-15(20)3/h4-11,13,24,26H,12H2,1-3H3,(H,23,27)/t13-,22?/m0/s1. The van der Waals surface area contributed by atoms with Gasteiger partial charge in [-0.3, -0.25) is 10.1 Å². The van der Waals surface area contributed by atoms with Crippen molar-refractivity contribution in [2.75, 3.05) is 11.9 Å². The molecule has 0 aliphatic carbocycles. The molecule has 0 spiro atoms. The number of nitrogens with zero attached hydrogens (tertiary/aromatic N) is 1. The highest BCUT2D eigenvalue weighted by molar-refractivity contribution is 6.09. The molecule has 6 nitrogen and oxygen atoms in total. The molecule has 28 heavy (non-hydrogen) atoms. The third-order valence-electron chi connectivity index (χ3n) is 5.28. The van der Waals surface area contributed by atoms with E-state index in [4.69, 9.17) is 4.52 Å². The number of aliphatic hydroxyl groups excluding tert-OH is 1. The van der Waals surface area contributed by atoms with Crippen LogP contribution >= 0.6 is 0 Å². The van der Waals surface area contributed by atoms with Crippen LogP contribution in [0.1, 0.15) is 29.5 Å². The monoisotopic (exact) mass is 377 g/mol. The van der Waals surface area contributed by atoms with Gasteiger partial charge in [0, 0.05) is 22.9 Å². The average Bonchev–Trinajstić information content (AvgIpc) is 3.18. The van der Waals surface area contributed by atoms with Gasteiger partial charge in [0.1, 0.15) is 5.76 Å². The Balaban J connectivity index is 1.95. The van der Waals surface area contributed by atoms with Crippen molar-refractivity contribution in [3.63, 3.8) is 0 Å². The van der Waals surface area contributed by atoms with Crippen LogP contribution in [-0.2, 0) is 10.3 Å². The van der Waals surface area contributed by atoms with Gasteiger partial charge < -0.3 is 14.9 Å². The Bertz CT molecular complexity index is 1010. The summed E-state index contributed by atoms with van der Waals surface area (Å²) < 4.78 is 5.33. The molecule has 3 aromatic rings. The topological polar surface area (TPSA) is 87.4 Å². The number of rotatable bonds is 5. The van der Waals surface area contributed by atoms with Crippen LogP contribution in [-0.4, -0.2) is 28.8 Å². The zero-order chi connectivity index (χ0) is 19.9. The van der Waals surface area contributed by atoms with E-state index in [2.05, 4.69) is 15.8 Å². The SMILES string of the molecule is Cc1noc(C)c1-c1ccc2c(c1)C(N[C@@H](C)CO)(c1ccccc1)C(=O)N2. The molecular weight excluding hydrogens is 354 g/mol. The Hall–Kier alpha value is -2.96. The summed E-state index contributed by atoms with van der Waals surface area (Å²) in [5.74, 6) is 0.571. The maximum absolute atomic E-state index is 13.3. The second-order valence-electron chi connectivity index (χ2n) is 7.26. The smallest absolute Gasteiger partial charge is 0.254 e. The van der Waals surface area contributed by atoms with Crippen molar-refractivity contribution in [1.82, 2.24) is 10.5 Å². The van der Waals surface area contributed by atoms with E-state index in [0.29, 0.717) is 0 Å². The van der Waals surface area contributed by atoms with Crippen LogP contribution in [0.2, 0.25) is 0 Å². The van der Waals surface area contributed by atoms with Crippen molar-refractivity contribution in [2.45, 2.75) is 32.4 Å². The van der Waals surface area contributed by atoms with E-state index in [-0.39, 0.29) is 18.6 Å². The average molecular weight is 377 g/mol. The highest BCUT2D eigenvalue weighted by Gasteiger charge is 2.49. The van der Waals surface area contributed by atoms with Crippen LogP contribution in [0.5, 0.6) is 0 Å². The van der Waals surface area contributed by atoms with Gasteiger partial charge in [-0.1, -0.05) is 41.6 Å². The van der Waals surface area contributed by atoms with E-state index in [1.807, 2.05) is 69.3 Å². The van der Waals surface area contributed by atoms with Crippen molar-refractivity contribution in [3.8, 4) is 11.1 Å². The molecule has 3 N–H and O–H groups in total. The molecule has 2 heterocycles. The summed E-state index contributed by atoms with van der Waals surface area (Å²) in [5, 5.41) is 20.1. The molecule has 1 aliphatic heterocycles. The van der Waals surface area contributed by atoms with Gasteiger partial charge in [-0.2, -0.15) is 0 Å². The third kappa shape index (κ3) is 2.73. The maximum Gasteiger partial charge on any atom is 0.254 e. The summed E-state index contributed by atoms with van der Waals surface area (Å²) in [7, 11) is 0. The molecule has 4 rings (SSSR count). The summed E-state index contributed by atoms with van der Waals surface area (Å²) in [5.41, 5.74) is 3.97. The number of aliphatic hydroxyl groups is 1. The minimum Gasteiger partial charge on any atom is -0.395 e.